The SMILES string of the molecule is Cc1ccc(N2CCC(NC(=O)NC3CCN(C4CC4)CC3)CC2)nc1. The molecule has 3 aliphatic rings. The fourth-order valence-corrected chi connectivity index (χ4v) is 4.16. The van der Waals surface area contributed by atoms with Crippen molar-refractivity contribution in [3.05, 3.63) is 23.9 Å². The Hall–Kier alpha value is -1.82. The van der Waals surface area contributed by atoms with Gasteiger partial charge in [0.05, 0.1) is 0 Å². The van der Waals surface area contributed by atoms with Crippen LogP contribution in [0.15, 0.2) is 18.3 Å². The molecule has 0 unspecified atom stereocenters. The molecule has 3 heterocycles. The summed E-state index contributed by atoms with van der Waals surface area (Å²) in [5.74, 6) is 1.04. The van der Waals surface area contributed by atoms with Crippen LogP contribution in [0.2, 0.25) is 0 Å². The van der Waals surface area contributed by atoms with E-state index in [1.165, 1.54) is 18.4 Å². The summed E-state index contributed by atoms with van der Waals surface area (Å²) in [6.07, 6.45) is 8.78. The van der Waals surface area contributed by atoms with Crippen molar-refractivity contribution >= 4 is 11.8 Å². The molecule has 6 heteroatoms. The van der Waals surface area contributed by atoms with Gasteiger partial charge in [0, 0.05) is 50.5 Å². The third-order valence-corrected chi connectivity index (χ3v) is 5.98. The van der Waals surface area contributed by atoms with Crippen molar-refractivity contribution in [3.8, 4) is 0 Å². The fraction of sp³-hybridized carbons (Fsp3) is 0.700. The van der Waals surface area contributed by atoms with E-state index in [0.29, 0.717) is 6.04 Å². The molecule has 2 N–H and O–H groups in total. The Balaban J connectivity index is 1.17. The highest BCUT2D eigenvalue weighted by Crippen LogP contribution is 2.29. The lowest BCUT2D eigenvalue weighted by Gasteiger charge is -2.35. The number of likely N-dealkylation sites (tertiary alicyclic amines) is 1. The van der Waals surface area contributed by atoms with Gasteiger partial charge < -0.3 is 20.4 Å². The van der Waals surface area contributed by atoms with Gasteiger partial charge in [0.1, 0.15) is 5.82 Å². The molecular formula is C20H31N5O. The molecule has 1 saturated carbocycles. The molecule has 0 aromatic carbocycles. The van der Waals surface area contributed by atoms with Crippen LogP contribution < -0.4 is 15.5 Å². The number of carbonyl (C=O) groups excluding carboxylic acids is 1. The standard InChI is InChI=1S/C20H31N5O/c1-15-2-5-19(21-14-15)25-12-8-17(9-13-25)23-20(26)22-16-6-10-24(11-7-16)18-3-4-18/h2,5,14,16-18H,3-4,6-13H2,1H3,(H2,22,23,26). The molecule has 2 amide bonds. The quantitative estimate of drug-likeness (QED) is 0.868. The molecule has 0 radical (unpaired) electrons. The Kier molecular flexibility index (Phi) is 5.29. The van der Waals surface area contributed by atoms with Crippen LogP contribution in [-0.4, -0.2) is 60.2 Å². The number of rotatable bonds is 4. The normalized spacial score (nSPS) is 23.0. The minimum Gasteiger partial charge on any atom is -0.356 e. The number of nitrogens with zero attached hydrogens (tertiary/aromatic N) is 3. The highest BCUT2D eigenvalue weighted by molar-refractivity contribution is 5.74. The van der Waals surface area contributed by atoms with E-state index >= 15 is 0 Å². The van der Waals surface area contributed by atoms with Crippen LogP contribution in [0.4, 0.5) is 10.6 Å². The number of aryl methyl sites for hydroxylation is 1. The third kappa shape index (κ3) is 4.47. The number of urea groups is 1. The number of hydrogen-bond acceptors (Lipinski definition) is 4. The number of amides is 2. The van der Waals surface area contributed by atoms with E-state index in [1.54, 1.807) is 0 Å². The average Bonchev–Trinajstić information content (AvgIpc) is 3.49. The number of piperidine rings is 2. The van der Waals surface area contributed by atoms with Gasteiger partial charge in [0.2, 0.25) is 0 Å². The second kappa shape index (κ2) is 7.82. The van der Waals surface area contributed by atoms with Gasteiger partial charge >= 0.3 is 6.03 Å². The molecule has 2 saturated heterocycles. The summed E-state index contributed by atoms with van der Waals surface area (Å²) in [5, 5.41) is 6.38. The lowest BCUT2D eigenvalue weighted by Crippen LogP contribution is -2.52. The van der Waals surface area contributed by atoms with Gasteiger partial charge in [-0.3, -0.25) is 0 Å². The van der Waals surface area contributed by atoms with E-state index in [1.807, 2.05) is 6.20 Å². The van der Waals surface area contributed by atoms with Crippen molar-refractivity contribution in [2.45, 2.75) is 63.6 Å². The van der Waals surface area contributed by atoms with Gasteiger partial charge in [-0.25, -0.2) is 9.78 Å². The highest BCUT2D eigenvalue weighted by atomic mass is 16.2. The Morgan fingerprint density at radius 1 is 0.962 bits per heavy atom. The van der Waals surface area contributed by atoms with Crippen molar-refractivity contribution in [3.63, 3.8) is 0 Å². The molecule has 6 nitrogen and oxygen atoms in total. The summed E-state index contributed by atoms with van der Waals surface area (Å²) < 4.78 is 0. The van der Waals surface area contributed by atoms with E-state index in [2.05, 4.69) is 44.5 Å². The minimum absolute atomic E-state index is 0.0155. The Morgan fingerprint density at radius 2 is 1.58 bits per heavy atom. The maximum Gasteiger partial charge on any atom is 0.315 e. The summed E-state index contributed by atoms with van der Waals surface area (Å²) in [7, 11) is 0. The van der Waals surface area contributed by atoms with Crippen LogP contribution in [0.25, 0.3) is 0 Å². The van der Waals surface area contributed by atoms with E-state index in [9.17, 15) is 4.79 Å². The van der Waals surface area contributed by atoms with Crippen molar-refractivity contribution in [2.24, 2.45) is 0 Å². The summed E-state index contributed by atoms with van der Waals surface area (Å²) in [6, 6.07) is 5.66. The molecule has 142 valence electrons. The fourth-order valence-electron chi connectivity index (χ4n) is 4.16. The second-order valence-corrected chi connectivity index (χ2v) is 8.11. The van der Waals surface area contributed by atoms with E-state index in [4.69, 9.17) is 0 Å². The molecule has 4 rings (SSSR count). The molecular weight excluding hydrogens is 326 g/mol. The van der Waals surface area contributed by atoms with Crippen molar-refractivity contribution < 1.29 is 4.79 Å². The monoisotopic (exact) mass is 357 g/mol. The zero-order chi connectivity index (χ0) is 17.9. The van der Waals surface area contributed by atoms with Gasteiger partial charge in [0.25, 0.3) is 0 Å². The number of nitrogens with one attached hydrogen (secondary N) is 2. The third-order valence-electron chi connectivity index (χ3n) is 5.98. The first kappa shape index (κ1) is 17.6. The van der Waals surface area contributed by atoms with Crippen LogP contribution in [0, 0.1) is 6.92 Å². The van der Waals surface area contributed by atoms with Crippen LogP contribution in [0.1, 0.15) is 44.1 Å². The Morgan fingerprint density at radius 3 is 2.12 bits per heavy atom. The van der Waals surface area contributed by atoms with Gasteiger partial charge in [-0.1, -0.05) is 6.07 Å². The second-order valence-electron chi connectivity index (χ2n) is 8.11. The number of carbonyl (C=O) groups is 1. The van der Waals surface area contributed by atoms with Gasteiger partial charge in [0.15, 0.2) is 0 Å². The largest absolute Gasteiger partial charge is 0.356 e. The van der Waals surface area contributed by atoms with Crippen LogP contribution in [-0.2, 0) is 0 Å². The number of aromatic nitrogens is 1. The lowest BCUT2D eigenvalue weighted by molar-refractivity contribution is 0.184. The molecule has 1 aromatic rings. The van der Waals surface area contributed by atoms with Crippen molar-refractivity contribution in [1.29, 1.82) is 0 Å². The van der Waals surface area contributed by atoms with Crippen molar-refractivity contribution in [2.75, 3.05) is 31.1 Å². The van der Waals surface area contributed by atoms with Crippen molar-refractivity contribution in [1.82, 2.24) is 20.5 Å². The number of anilines is 1. The summed E-state index contributed by atoms with van der Waals surface area (Å²) in [5.41, 5.74) is 1.19. The Bertz CT molecular complexity index is 599. The molecule has 0 spiro atoms. The van der Waals surface area contributed by atoms with Gasteiger partial charge in [-0.05, 0) is 57.1 Å². The van der Waals surface area contributed by atoms with E-state index in [-0.39, 0.29) is 12.1 Å². The molecule has 1 aromatic heterocycles. The predicted octanol–water partition coefficient (Wildman–Crippen LogP) is 2.28. The molecule has 26 heavy (non-hydrogen) atoms. The lowest BCUT2D eigenvalue weighted by atomic mass is 10.0. The van der Waals surface area contributed by atoms with Crippen LogP contribution >= 0.6 is 0 Å². The average molecular weight is 358 g/mol. The van der Waals surface area contributed by atoms with E-state index < -0.39 is 0 Å². The van der Waals surface area contributed by atoms with Gasteiger partial charge in [-0.2, -0.15) is 0 Å². The predicted molar refractivity (Wildman–Crippen MR) is 103 cm³/mol. The first-order valence-electron chi connectivity index (χ1n) is 10.2. The maximum absolute atomic E-state index is 12.3. The first-order chi connectivity index (χ1) is 12.7. The molecule has 2 aliphatic heterocycles. The summed E-state index contributed by atoms with van der Waals surface area (Å²) in [6.45, 7) is 6.22. The molecule has 1 aliphatic carbocycles. The van der Waals surface area contributed by atoms with Crippen LogP contribution in [0.3, 0.4) is 0 Å². The molecule has 0 atom stereocenters. The zero-order valence-corrected chi connectivity index (χ0v) is 15.8. The van der Waals surface area contributed by atoms with Gasteiger partial charge in [-0.15, -0.1) is 0 Å². The van der Waals surface area contributed by atoms with E-state index in [0.717, 1.165) is 63.7 Å². The number of pyridine rings is 1. The summed E-state index contributed by atoms with van der Waals surface area (Å²) in [4.78, 5) is 21.7. The topological polar surface area (TPSA) is 60.5 Å². The smallest absolute Gasteiger partial charge is 0.315 e. The molecule has 3 fully saturated rings. The molecule has 0 bridgehead atoms. The minimum atomic E-state index is 0.0155. The number of hydrogen-bond donors (Lipinski definition) is 2. The summed E-state index contributed by atoms with van der Waals surface area (Å²) >= 11 is 0. The highest BCUT2D eigenvalue weighted by Gasteiger charge is 2.32. The first-order valence-corrected chi connectivity index (χ1v) is 10.2. The maximum atomic E-state index is 12.3. The van der Waals surface area contributed by atoms with Crippen LogP contribution in [0.5, 0.6) is 0 Å². The Labute approximate surface area is 156 Å². The zero-order valence-electron chi connectivity index (χ0n) is 15.8.